The van der Waals surface area contributed by atoms with Gasteiger partial charge in [-0.2, -0.15) is 0 Å². The number of thioether (sulfide) groups is 1. The first-order valence-corrected chi connectivity index (χ1v) is 11.0. The van der Waals surface area contributed by atoms with Crippen molar-refractivity contribution in [2.75, 3.05) is 6.54 Å². The molecule has 0 radical (unpaired) electrons. The molecule has 0 atom stereocenters. The number of aromatic nitrogens is 1. The summed E-state index contributed by atoms with van der Waals surface area (Å²) in [6, 6.07) is 18.4. The van der Waals surface area contributed by atoms with Gasteiger partial charge in [0, 0.05) is 23.6 Å². The quantitative estimate of drug-likeness (QED) is 0.454. The van der Waals surface area contributed by atoms with Crippen molar-refractivity contribution in [3.05, 3.63) is 93.9 Å². The number of carbonyl (C=O) groups is 2. The number of nitrogens with zero attached hydrogens (tertiary/aromatic N) is 2. The zero-order valence-electron chi connectivity index (χ0n) is 17.5. The zero-order chi connectivity index (χ0) is 22.0. The fourth-order valence-electron chi connectivity index (χ4n) is 3.87. The molecule has 1 aliphatic rings. The van der Waals surface area contributed by atoms with Gasteiger partial charge in [0.2, 0.25) is 0 Å². The summed E-state index contributed by atoms with van der Waals surface area (Å²) in [5.41, 5.74) is 4.57. The van der Waals surface area contributed by atoms with Crippen LogP contribution in [0, 0.1) is 19.7 Å². The van der Waals surface area contributed by atoms with Crippen molar-refractivity contribution in [2.24, 2.45) is 0 Å². The van der Waals surface area contributed by atoms with Crippen LogP contribution in [0.2, 0.25) is 0 Å². The van der Waals surface area contributed by atoms with E-state index in [1.54, 1.807) is 12.1 Å². The van der Waals surface area contributed by atoms with Crippen molar-refractivity contribution in [1.82, 2.24) is 9.47 Å². The summed E-state index contributed by atoms with van der Waals surface area (Å²) < 4.78 is 15.6. The fourth-order valence-corrected chi connectivity index (χ4v) is 4.72. The van der Waals surface area contributed by atoms with Crippen LogP contribution in [0.5, 0.6) is 0 Å². The molecule has 1 fully saturated rings. The topological polar surface area (TPSA) is 42.3 Å². The summed E-state index contributed by atoms with van der Waals surface area (Å²) in [6.45, 7) is 4.26. The van der Waals surface area contributed by atoms with Gasteiger partial charge < -0.3 is 4.57 Å². The Morgan fingerprint density at radius 2 is 1.77 bits per heavy atom. The van der Waals surface area contributed by atoms with E-state index in [1.165, 1.54) is 22.6 Å². The molecular formula is C25H23FN2O2S. The molecule has 0 spiro atoms. The fraction of sp³-hybridized carbons (Fsp3) is 0.200. The average Bonchev–Trinajstić information content (AvgIpc) is 3.18. The van der Waals surface area contributed by atoms with Crippen LogP contribution >= 0.6 is 11.8 Å². The normalized spacial score (nSPS) is 15.3. The summed E-state index contributed by atoms with van der Waals surface area (Å²) in [4.78, 5) is 27.0. The maximum absolute atomic E-state index is 13.7. The second-order valence-corrected chi connectivity index (χ2v) is 8.56. The van der Waals surface area contributed by atoms with Crippen LogP contribution in [-0.4, -0.2) is 27.2 Å². The van der Waals surface area contributed by atoms with Crippen molar-refractivity contribution >= 4 is 29.0 Å². The molecule has 4 nitrogen and oxygen atoms in total. The van der Waals surface area contributed by atoms with Crippen LogP contribution in [0.25, 0.3) is 11.8 Å². The summed E-state index contributed by atoms with van der Waals surface area (Å²) in [7, 11) is 0. The van der Waals surface area contributed by atoms with Crippen LogP contribution in [-0.2, 0) is 11.2 Å². The lowest BCUT2D eigenvalue weighted by atomic mass is 10.1. The Balaban J connectivity index is 1.51. The smallest absolute Gasteiger partial charge is 0.293 e. The minimum atomic E-state index is -0.303. The first kappa shape index (κ1) is 21.1. The molecule has 4 rings (SSSR count). The lowest BCUT2D eigenvalue weighted by molar-refractivity contribution is -0.122. The predicted octanol–water partition coefficient (Wildman–Crippen LogP) is 5.90. The first-order chi connectivity index (χ1) is 14.9. The third kappa shape index (κ3) is 4.49. The van der Waals surface area contributed by atoms with Crippen molar-refractivity contribution in [2.45, 2.75) is 26.7 Å². The van der Waals surface area contributed by atoms with Crippen molar-refractivity contribution < 1.29 is 14.0 Å². The summed E-state index contributed by atoms with van der Waals surface area (Å²) in [6.07, 6.45) is 3.31. The van der Waals surface area contributed by atoms with E-state index in [0.717, 1.165) is 47.2 Å². The van der Waals surface area contributed by atoms with E-state index in [2.05, 4.69) is 0 Å². The van der Waals surface area contributed by atoms with E-state index in [9.17, 15) is 14.0 Å². The van der Waals surface area contributed by atoms with E-state index in [1.807, 2.05) is 60.9 Å². The van der Waals surface area contributed by atoms with E-state index in [0.29, 0.717) is 11.4 Å². The van der Waals surface area contributed by atoms with Crippen LogP contribution in [0.4, 0.5) is 9.18 Å². The molecule has 0 aliphatic carbocycles. The zero-order valence-corrected chi connectivity index (χ0v) is 18.3. The molecule has 158 valence electrons. The van der Waals surface area contributed by atoms with Crippen molar-refractivity contribution in [3.63, 3.8) is 0 Å². The van der Waals surface area contributed by atoms with Gasteiger partial charge in [-0.3, -0.25) is 14.5 Å². The third-order valence-corrected chi connectivity index (χ3v) is 6.29. The van der Waals surface area contributed by atoms with Gasteiger partial charge in [0.15, 0.2) is 0 Å². The third-order valence-electron chi connectivity index (χ3n) is 5.39. The largest absolute Gasteiger partial charge is 0.318 e. The van der Waals surface area contributed by atoms with Crippen molar-refractivity contribution in [3.8, 4) is 5.69 Å². The van der Waals surface area contributed by atoms with Crippen LogP contribution in [0.3, 0.4) is 0 Å². The monoisotopic (exact) mass is 434 g/mol. The predicted molar refractivity (Wildman–Crippen MR) is 123 cm³/mol. The maximum atomic E-state index is 13.7. The molecule has 0 unspecified atom stereocenters. The second-order valence-electron chi connectivity index (χ2n) is 7.56. The molecule has 2 heterocycles. The van der Waals surface area contributed by atoms with Gasteiger partial charge in [0.05, 0.1) is 4.91 Å². The van der Waals surface area contributed by atoms with Gasteiger partial charge in [-0.05, 0) is 79.9 Å². The average molecular weight is 435 g/mol. The summed E-state index contributed by atoms with van der Waals surface area (Å²) in [5.74, 6) is -0.554. The molecule has 2 aromatic carbocycles. The van der Waals surface area contributed by atoms with E-state index >= 15 is 0 Å². The molecule has 0 N–H and O–H groups in total. The second kappa shape index (κ2) is 8.94. The number of hydrogen-bond acceptors (Lipinski definition) is 3. The van der Waals surface area contributed by atoms with Gasteiger partial charge in [-0.25, -0.2) is 4.39 Å². The van der Waals surface area contributed by atoms with Crippen LogP contribution in [0.1, 0.15) is 28.9 Å². The van der Waals surface area contributed by atoms with E-state index < -0.39 is 0 Å². The van der Waals surface area contributed by atoms with Crippen molar-refractivity contribution in [1.29, 1.82) is 0 Å². The summed E-state index contributed by atoms with van der Waals surface area (Å²) in [5, 5.41) is -0.233. The number of benzene rings is 2. The Kier molecular flexibility index (Phi) is 6.09. The van der Waals surface area contributed by atoms with E-state index in [4.69, 9.17) is 0 Å². The molecule has 0 saturated carbocycles. The van der Waals surface area contributed by atoms with Gasteiger partial charge in [0.1, 0.15) is 5.82 Å². The lowest BCUT2D eigenvalue weighted by Gasteiger charge is -2.12. The van der Waals surface area contributed by atoms with Crippen LogP contribution < -0.4 is 0 Å². The minimum absolute atomic E-state index is 0.233. The number of halogens is 1. The lowest BCUT2D eigenvalue weighted by Crippen LogP contribution is -2.29. The Labute approximate surface area is 185 Å². The molecule has 2 amide bonds. The van der Waals surface area contributed by atoms with E-state index in [-0.39, 0.29) is 17.0 Å². The number of carbonyl (C=O) groups excluding carboxylic acids is 2. The number of hydrogen-bond donors (Lipinski definition) is 0. The van der Waals surface area contributed by atoms with Gasteiger partial charge in [0.25, 0.3) is 11.1 Å². The van der Waals surface area contributed by atoms with Gasteiger partial charge in [-0.15, -0.1) is 0 Å². The molecule has 1 aromatic heterocycles. The molecule has 1 saturated heterocycles. The maximum Gasteiger partial charge on any atom is 0.293 e. The Morgan fingerprint density at radius 1 is 1.00 bits per heavy atom. The number of aryl methyl sites for hydroxylation is 2. The molecule has 6 heteroatoms. The molecule has 0 bridgehead atoms. The minimum Gasteiger partial charge on any atom is -0.318 e. The first-order valence-electron chi connectivity index (χ1n) is 10.2. The Morgan fingerprint density at radius 3 is 2.52 bits per heavy atom. The standard InChI is InChI=1S/C25H23FN2O2S/c1-17-14-20(18(2)28(17)22-12-6-11-21(26)16-22)15-23-24(29)27(25(30)31-23)13-7-10-19-8-4-3-5-9-19/h3-6,8-9,11-12,14-16H,7,10,13H2,1-2H3/b23-15+. The number of rotatable bonds is 6. The number of amides is 2. The highest BCUT2D eigenvalue weighted by atomic mass is 32.2. The van der Waals surface area contributed by atoms with Gasteiger partial charge >= 0.3 is 0 Å². The van der Waals surface area contributed by atoms with Gasteiger partial charge in [-0.1, -0.05) is 36.4 Å². The highest BCUT2D eigenvalue weighted by molar-refractivity contribution is 8.18. The summed E-state index contributed by atoms with van der Waals surface area (Å²) >= 11 is 0.974. The molecule has 31 heavy (non-hydrogen) atoms. The molecule has 3 aromatic rings. The molecular weight excluding hydrogens is 411 g/mol. The van der Waals surface area contributed by atoms with Crippen LogP contribution in [0.15, 0.2) is 65.6 Å². The molecule has 1 aliphatic heterocycles. The highest BCUT2D eigenvalue weighted by Crippen LogP contribution is 2.34. The Bertz CT molecular complexity index is 1170. The Hall–Kier alpha value is -3.12. The SMILES string of the molecule is Cc1cc(/C=C2/SC(=O)N(CCCc3ccccc3)C2=O)c(C)n1-c1cccc(F)c1. The number of imide groups is 1. The highest BCUT2D eigenvalue weighted by Gasteiger charge is 2.34.